The molecule has 1 aromatic heterocycles. The third kappa shape index (κ3) is 4.31. The Kier molecular flexibility index (Phi) is 6.40. The van der Waals surface area contributed by atoms with Crippen LogP contribution in [0, 0.1) is 6.92 Å². The van der Waals surface area contributed by atoms with Gasteiger partial charge in [-0.3, -0.25) is 0 Å². The second kappa shape index (κ2) is 8.57. The van der Waals surface area contributed by atoms with Gasteiger partial charge in [-0.2, -0.15) is 0 Å². The van der Waals surface area contributed by atoms with Crippen LogP contribution in [0.25, 0.3) is 17.0 Å². The van der Waals surface area contributed by atoms with Gasteiger partial charge in [0.2, 0.25) is 0 Å². The molecule has 3 nitrogen and oxygen atoms in total. The summed E-state index contributed by atoms with van der Waals surface area (Å²) in [4.78, 5) is 0. The minimum Gasteiger partial charge on any atom is -0.611 e. The molecule has 1 heterocycles. The predicted octanol–water partition coefficient (Wildman–Crippen LogP) is 6.12. The Balaban J connectivity index is 1.88. The van der Waals surface area contributed by atoms with Crippen LogP contribution in [0.15, 0.2) is 55.8 Å². The zero-order valence-corrected chi connectivity index (χ0v) is 18.0. The quantitative estimate of drug-likeness (QED) is 0.424. The van der Waals surface area contributed by atoms with E-state index in [2.05, 4.69) is 22.0 Å². The molecule has 0 spiro atoms. The summed E-state index contributed by atoms with van der Waals surface area (Å²) < 4.78 is 25.2. The maximum Gasteiger partial charge on any atom is 0.186 e. The third-order valence-corrected chi connectivity index (χ3v) is 6.99. The molecular weight excluding hydrogens is 432 g/mol. The number of fused-ring (bicyclic) bond motifs is 1. The van der Waals surface area contributed by atoms with Crippen molar-refractivity contribution in [1.29, 1.82) is 0 Å². The van der Waals surface area contributed by atoms with Crippen molar-refractivity contribution < 1.29 is 13.7 Å². The minimum absolute atomic E-state index is 0.438. The number of benzene rings is 2. The van der Waals surface area contributed by atoms with Crippen LogP contribution in [0.2, 0.25) is 0 Å². The van der Waals surface area contributed by atoms with Gasteiger partial charge in [-0.25, -0.2) is 0 Å². The lowest BCUT2D eigenvalue weighted by Crippen LogP contribution is -2.01. The monoisotopic (exact) mass is 450 g/mol. The first-order valence-corrected chi connectivity index (χ1v) is 11.5. The van der Waals surface area contributed by atoms with Crippen molar-refractivity contribution in [3.8, 4) is 5.75 Å². The van der Waals surface area contributed by atoms with Gasteiger partial charge in [0, 0.05) is 17.0 Å². The molecule has 1 unspecified atom stereocenters. The zero-order chi connectivity index (χ0) is 18.7. The van der Waals surface area contributed by atoms with E-state index in [1.807, 2.05) is 49.6 Å². The normalized spacial score (nSPS) is 13.2. The lowest BCUT2D eigenvalue weighted by atomic mass is 10.1. The number of ether oxygens (including phenoxy) is 1. The molecule has 6 heteroatoms. The van der Waals surface area contributed by atoms with Gasteiger partial charge in [0.05, 0.1) is 10.7 Å². The van der Waals surface area contributed by atoms with E-state index in [-0.39, 0.29) is 0 Å². The highest BCUT2D eigenvalue weighted by molar-refractivity contribution is 9.10. The Morgan fingerprint density at radius 3 is 2.88 bits per heavy atom. The molecule has 2 aromatic carbocycles. The van der Waals surface area contributed by atoms with Crippen molar-refractivity contribution in [2.45, 2.75) is 13.5 Å². The van der Waals surface area contributed by atoms with Crippen LogP contribution in [0.1, 0.15) is 16.7 Å². The number of thioether (sulfide) groups is 1. The maximum atomic E-state index is 11.9. The van der Waals surface area contributed by atoms with Crippen molar-refractivity contribution in [3.63, 3.8) is 0 Å². The summed E-state index contributed by atoms with van der Waals surface area (Å²) in [5.74, 6) is 0.783. The summed E-state index contributed by atoms with van der Waals surface area (Å²) in [5, 5.41) is 1.04. The van der Waals surface area contributed by atoms with E-state index in [1.54, 1.807) is 12.5 Å². The van der Waals surface area contributed by atoms with Crippen LogP contribution in [-0.2, 0) is 17.8 Å². The van der Waals surface area contributed by atoms with Crippen LogP contribution in [-0.4, -0.2) is 17.1 Å². The average molecular weight is 451 g/mol. The molecule has 0 saturated heterocycles. The molecule has 0 N–H and O–H groups in total. The second-order valence-corrected chi connectivity index (χ2v) is 9.12. The lowest BCUT2D eigenvalue weighted by Gasteiger charge is -2.13. The summed E-state index contributed by atoms with van der Waals surface area (Å²) in [6, 6.07) is 11.9. The molecular formula is C20H19BrO3S2. The van der Waals surface area contributed by atoms with Crippen LogP contribution in [0.4, 0.5) is 0 Å². The van der Waals surface area contributed by atoms with Gasteiger partial charge in [-0.1, -0.05) is 23.9 Å². The number of hydrogen-bond acceptors (Lipinski definition) is 4. The number of halogens is 1. The molecule has 0 aliphatic rings. The van der Waals surface area contributed by atoms with Crippen LogP contribution in [0.3, 0.4) is 0 Å². The second-order valence-electron chi connectivity index (χ2n) is 5.81. The molecule has 136 valence electrons. The predicted molar refractivity (Wildman–Crippen MR) is 115 cm³/mol. The number of hydrogen-bond donors (Lipinski definition) is 0. The SMILES string of the molecule is CS/C(=C\c1c(C)cccc1OCc1cc(Br)c2occc2c1)[S+](C)[O-]. The lowest BCUT2D eigenvalue weighted by molar-refractivity contribution is 0.305. The highest BCUT2D eigenvalue weighted by atomic mass is 79.9. The Morgan fingerprint density at radius 2 is 2.15 bits per heavy atom. The summed E-state index contributed by atoms with van der Waals surface area (Å²) in [6.07, 6.45) is 7.27. The number of furan rings is 1. The van der Waals surface area contributed by atoms with E-state index in [0.29, 0.717) is 6.61 Å². The van der Waals surface area contributed by atoms with E-state index in [4.69, 9.17) is 9.15 Å². The standard InChI is InChI=1S/C20H19BrO3S2/c1-13-5-4-6-18(16(13)11-19(25-2)26(3)22)24-12-14-9-15-7-8-23-20(15)17(21)10-14/h4-11H,12H2,1-3H3/b19-11+. The Morgan fingerprint density at radius 1 is 1.35 bits per heavy atom. The van der Waals surface area contributed by atoms with Gasteiger partial charge in [-0.15, -0.1) is 0 Å². The van der Waals surface area contributed by atoms with Crippen molar-refractivity contribution in [2.75, 3.05) is 12.5 Å². The number of rotatable bonds is 6. The van der Waals surface area contributed by atoms with Gasteiger partial charge in [0.15, 0.2) is 4.24 Å². The molecule has 26 heavy (non-hydrogen) atoms. The fourth-order valence-corrected chi connectivity index (χ4v) is 4.76. The van der Waals surface area contributed by atoms with Crippen molar-refractivity contribution in [2.24, 2.45) is 0 Å². The van der Waals surface area contributed by atoms with Crippen molar-refractivity contribution >= 4 is 55.9 Å². The summed E-state index contributed by atoms with van der Waals surface area (Å²) >= 11 is 4.02. The van der Waals surface area contributed by atoms with Crippen LogP contribution in [0.5, 0.6) is 5.75 Å². The molecule has 0 aliphatic heterocycles. The Bertz CT molecular complexity index is 947. The smallest absolute Gasteiger partial charge is 0.186 e. The fraction of sp³-hybridized carbons (Fsp3) is 0.200. The molecule has 3 aromatic rings. The van der Waals surface area contributed by atoms with Gasteiger partial charge in [0.1, 0.15) is 24.2 Å². The average Bonchev–Trinajstić information content (AvgIpc) is 3.08. The maximum absolute atomic E-state index is 11.9. The van der Waals surface area contributed by atoms with Gasteiger partial charge >= 0.3 is 0 Å². The third-order valence-electron chi connectivity index (χ3n) is 3.99. The first-order chi connectivity index (χ1) is 12.5. The van der Waals surface area contributed by atoms with Gasteiger partial charge < -0.3 is 13.7 Å². The minimum atomic E-state index is -1.02. The Hall–Kier alpha value is -1.34. The summed E-state index contributed by atoms with van der Waals surface area (Å²) in [7, 11) is 0. The first-order valence-electron chi connectivity index (χ1n) is 7.96. The summed E-state index contributed by atoms with van der Waals surface area (Å²) in [5.41, 5.74) is 3.94. The van der Waals surface area contributed by atoms with E-state index >= 15 is 0 Å². The largest absolute Gasteiger partial charge is 0.611 e. The van der Waals surface area contributed by atoms with E-state index in [0.717, 1.165) is 42.1 Å². The molecule has 0 radical (unpaired) electrons. The molecule has 0 amide bonds. The van der Waals surface area contributed by atoms with Gasteiger partial charge in [0.25, 0.3) is 0 Å². The first kappa shape index (κ1) is 19.4. The van der Waals surface area contributed by atoms with Crippen molar-refractivity contribution in [3.05, 3.63) is 68.1 Å². The highest BCUT2D eigenvalue weighted by Gasteiger charge is 2.13. The van der Waals surface area contributed by atoms with Gasteiger partial charge in [-0.05, 0) is 75.7 Å². The molecule has 0 saturated carbocycles. The summed E-state index contributed by atoms with van der Waals surface area (Å²) in [6.45, 7) is 2.47. The molecule has 3 rings (SSSR count). The molecule has 0 aliphatic carbocycles. The zero-order valence-electron chi connectivity index (χ0n) is 14.7. The fourth-order valence-electron chi connectivity index (χ4n) is 2.68. The molecule has 1 atom stereocenters. The number of aryl methyl sites for hydroxylation is 1. The van der Waals surface area contributed by atoms with Crippen LogP contribution < -0.4 is 4.74 Å². The molecule has 0 bridgehead atoms. The van der Waals surface area contributed by atoms with E-state index in [1.165, 1.54) is 11.8 Å². The van der Waals surface area contributed by atoms with Crippen LogP contribution >= 0.6 is 27.7 Å². The van der Waals surface area contributed by atoms with E-state index in [9.17, 15) is 4.55 Å². The van der Waals surface area contributed by atoms with E-state index < -0.39 is 11.2 Å². The highest BCUT2D eigenvalue weighted by Crippen LogP contribution is 2.31. The topological polar surface area (TPSA) is 45.4 Å². The Labute approximate surface area is 169 Å². The van der Waals surface area contributed by atoms with Crippen molar-refractivity contribution in [1.82, 2.24) is 0 Å². The molecule has 0 fully saturated rings.